The van der Waals surface area contributed by atoms with Crippen LogP contribution < -0.4 is 5.32 Å². The van der Waals surface area contributed by atoms with Crippen molar-refractivity contribution in [1.29, 1.82) is 0 Å². The van der Waals surface area contributed by atoms with Crippen molar-refractivity contribution in [1.82, 2.24) is 15.2 Å². The number of carbonyl (C=O) groups is 1. The zero-order valence-electron chi connectivity index (χ0n) is 18.3. The molecule has 0 atom stereocenters. The highest BCUT2D eigenvalue weighted by Gasteiger charge is 2.22. The fraction of sp³-hybridized carbons (Fsp3) is 0.385. The molecule has 5 heteroatoms. The molecule has 0 unspecified atom stereocenters. The Morgan fingerprint density at radius 1 is 1.06 bits per heavy atom. The summed E-state index contributed by atoms with van der Waals surface area (Å²) in [6.45, 7) is 5.08. The predicted octanol–water partition coefficient (Wildman–Crippen LogP) is 6.55. The molecule has 2 amide bonds. The number of halogens is 1. The first kappa shape index (κ1) is 21.6. The third kappa shape index (κ3) is 5.37. The van der Waals surface area contributed by atoms with Crippen LogP contribution in [-0.2, 0) is 13.1 Å². The second-order valence-electron chi connectivity index (χ2n) is 8.72. The Labute approximate surface area is 189 Å². The molecular weight excluding hydrogens is 406 g/mol. The molecule has 162 valence electrons. The Bertz CT molecular complexity index is 1060. The topological polar surface area (TPSA) is 45.2 Å². The molecular formula is C26H30ClN3O. The molecule has 1 N–H and O–H groups in total. The lowest BCUT2D eigenvalue weighted by molar-refractivity contribution is 0.184. The second kappa shape index (κ2) is 9.69. The van der Waals surface area contributed by atoms with E-state index in [9.17, 15) is 4.79 Å². The number of aromatic nitrogens is 1. The Hall–Kier alpha value is -2.59. The second-order valence-corrected chi connectivity index (χ2v) is 9.08. The van der Waals surface area contributed by atoms with Crippen molar-refractivity contribution in [3.8, 4) is 0 Å². The molecule has 4 nitrogen and oxygen atoms in total. The number of urea groups is 1. The third-order valence-corrected chi connectivity index (χ3v) is 6.40. The number of amides is 2. The van der Waals surface area contributed by atoms with Crippen molar-refractivity contribution < 1.29 is 4.79 Å². The van der Waals surface area contributed by atoms with E-state index in [1.807, 2.05) is 35.2 Å². The number of hydrogen-bond acceptors (Lipinski definition) is 2. The normalized spacial score (nSPS) is 14.5. The van der Waals surface area contributed by atoms with Crippen LogP contribution in [0.5, 0.6) is 0 Å². The maximum Gasteiger partial charge on any atom is 0.318 e. The maximum atomic E-state index is 13.3. The smallest absolute Gasteiger partial charge is 0.318 e. The zero-order valence-corrected chi connectivity index (χ0v) is 19.1. The van der Waals surface area contributed by atoms with Crippen molar-refractivity contribution in [3.05, 3.63) is 75.9 Å². The number of rotatable bonds is 5. The van der Waals surface area contributed by atoms with Gasteiger partial charge in [0.15, 0.2) is 0 Å². The molecule has 31 heavy (non-hydrogen) atoms. The molecule has 1 fully saturated rings. The van der Waals surface area contributed by atoms with Gasteiger partial charge in [0.2, 0.25) is 0 Å². The van der Waals surface area contributed by atoms with Crippen LogP contribution in [0, 0.1) is 13.8 Å². The van der Waals surface area contributed by atoms with Crippen LogP contribution >= 0.6 is 11.6 Å². The highest BCUT2D eigenvalue weighted by molar-refractivity contribution is 6.30. The van der Waals surface area contributed by atoms with E-state index < -0.39 is 0 Å². The molecule has 1 aliphatic rings. The van der Waals surface area contributed by atoms with Crippen LogP contribution in [0.1, 0.15) is 54.4 Å². The summed E-state index contributed by atoms with van der Waals surface area (Å²) in [6, 6.07) is 16.6. The zero-order chi connectivity index (χ0) is 21.8. The van der Waals surface area contributed by atoms with Gasteiger partial charge in [-0.15, -0.1) is 0 Å². The van der Waals surface area contributed by atoms with Gasteiger partial charge in [-0.05, 0) is 49.9 Å². The van der Waals surface area contributed by atoms with Crippen molar-refractivity contribution >= 4 is 28.5 Å². The van der Waals surface area contributed by atoms with Gasteiger partial charge >= 0.3 is 6.03 Å². The lowest BCUT2D eigenvalue weighted by Crippen LogP contribution is -2.44. The minimum absolute atomic E-state index is 0.0349. The summed E-state index contributed by atoms with van der Waals surface area (Å²) in [5.74, 6) is 0. The van der Waals surface area contributed by atoms with Crippen LogP contribution in [-0.4, -0.2) is 22.0 Å². The highest BCUT2D eigenvalue weighted by atomic mass is 35.5. The minimum Gasteiger partial charge on any atom is -0.335 e. The fourth-order valence-electron chi connectivity index (χ4n) is 4.51. The summed E-state index contributed by atoms with van der Waals surface area (Å²) >= 11 is 6.59. The monoisotopic (exact) mass is 435 g/mol. The fourth-order valence-corrected chi connectivity index (χ4v) is 4.70. The Kier molecular flexibility index (Phi) is 6.77. The summed E-state index contributed by atoms with van der Waals surface area (Å²) in [5, 5.41) is 4.78. The molecule has 0 spiro atoms. The van der Waals surface area contributed by atoms with Crippen molar-refractivity contribution in [3.63, 3.8) is 0 Å². The van der Waals surface area contributed by atoms with E-state index in [4.69, 9.17) is 11.6 Å². The lowest BCUT2D eigenvalue weighted by Gasteiger charge is -2.29. The van der Waals surface area contributed by atoms with Crippen molar-refractivity contribution in [2.24, 2.45) is 0 Å². The van der Waals surface area contributed by atoms with Crippen molar-refractivity contribution in [2.45, 2.75) is 65.1 Å². The number of nitrogens with zero attached hydrogens (tertiary/aromatic N) is 2. The van der Waals surface area contributed by atoms with E-state index in [1.54, 1.807) is 0 Å². The van der Waals surface area contributed by atoms with Gasteiger partial charge in [0, 0.05) is 23.5 Å². The SMILES string of the molecule is Cc1cc(C)c2nc(Cl)c(CN(Cc3ccccc3)C(=O)NC3CCCCC3)cc2c1. The minimum atomic E-state index is -0.0349. The van der Waals surface area contributed by atoms with Crippen LogP contribution in [0.2, 0.25) is 5.15 Å². The first-order chi connectivity index (χ1) is 15.0. The summed E-state index contributed by atoms with van der Waals surface area (Å²) in [7, 11) is 0. The molecule has 1 aromatic heterocycles. The number of hydrogen-bond donors (Lipinski definition) is 1. The molecule has 0 bridgehead atoms. The molecule has 1 aliphatic carbocycles. The lowest BCUT2D eigenvalue weighted by atomic mass is 9.96. The molecule has 2 aromatic carbocycles. The van der Waals surface area contributed by atoms with E-state index in [-0.39, 0.29) is 12.1 Å². The molecule has 0 aliphatic heterocycles. The Morgan fingerprint density at radius 3 is 2.55 bits per heavy atom. The standard InChI is InChI=1S/C26H30ClN3O/c1-18-13-19(2)24-21(14-18)15-22(25(27)29-24)17-30(16-20-9-5-3-6-10-20)26(31)28-23-11-7-4-8-12-23/h3,5-6,9-10,13-15,23H,4,7-8,11-12,16-17H2,1-2H3,(H,28,31). The van der Waals surface area contributed by atoms with E-state index in [0.717, 1.165) is 40.4 Å². The molecule has 4 rings (SSSR count). The average Bonchev–Trinajstić information content (AvgIpc) is 2.76. The van der Waals surface area contributed by atoms with Crippen LogP contribution in [0.4, 0.5) is 4.79 Å². The molecule has 0 radical (unpaired) electrons. The van der Waals surface area contributed by atoms with Crippen LogP contribution in [0.15, 0.2) is 48.5 Å². The van der Waals surface area contributed by atoms with Gasteiger partial charge in [-0.25, -0.2) is 9.78 Å². The highest BCUT2D eigenvalue weighted by Crippen LogP contribution is 2.26. The van der Waals surface area contributed by atoms with Gasteiger partial charge in [0.25, 0.3) is 0 Å². The van der Waals surface area contributed by atoms with Crippen LogP contribution in [0.3, 0.4) is 0 Å². The summed E-state index contributed by atoms with van der Waals surface area (Å²) in [6.07, 6.45) is 5.74. The van der Waals surface area contributed by atoms with E-state index in [0.29, 0.717) is 18.2 Å². The number of pyridine rings is 1. The van der Waals surface area contributed by atoms with E-state index in [2.05, 4.69) is 42.3 Å². The van der Waals surface area contributed by atoms with Gasteiger partial charge < -0.3 is 10.2 Å². The first-order valence-corrected chi connectivity index (χ1v) is 11.5. The number of nitrogens with one attached hydrogen (secondary N) is 1. The predicted molar refractivity (Wildman–Crippen MR) is 127 cm³/mol. The summed E-state index contributed by atoms with van der Waals surface area (Å²) < 4.78 is 0. The average molecular weight is 436 g/mol. The molecule has 0 saturated heterocycles. The van der Waals surface area contributed by atoms with Crippen molar-refractivity contribution in [2.75, 3.05) is 0 Å². The van der Waals surface area contributed by atoms with E-state index >= 15 is 0 Å². The van der Waals surface area contributed by atoms with Gasteiger partial charge in [-0.3, -0.25) is 0 Å². The molecule has 1 saturated carbocycles. The third-order valence-electron chi connectivity index (χ3n) is 6.08. The van der Waals surface area contributed by atoms with Gasteiger partial charge in [0.1, 0.15) is 5.15 Å². The number of carbonyl (C=O) groups excluding carboxylic acids is 1. The van der Waals surface area contributed by atoms with Gasteiger partial charge in [-0.1, -0.05) is 72.8 Å². The number of benzene rings is 2. The summed E-state index contributed by atoms with van der Waals surface area (Å²) in [5.41, 5.74) is 5.18. The van der Waals surface area contributed by atoms with Crippen LogP contribution in [0.25, 0.3) is 10.9 Å². The number of fused-ring (bicyclic) bond motifs is 1. The Balaban J connectivity index is 1.61. The van der Waals surface area contributed by atoms with Gasteiger partial charge in [-0.2, -0.15) is 0 Å². The van der Waals surface area contributed by atoms with Gasteiger partial charge in [0.05, 0.1) is 12.1 Å². The number of aryl methyl sites for hydroxylation is 2. The quantitative estimate of drug-likeness (QED) is 0.462. The first-order valence-electron chi connectivity index (χ1n) is 11.2. The largest absolute Gasteiger partial charge is 0.335 e. The maximum absolute atomic E-state index is 13.3. The van der Waals surface area contributed by atoms with E-state index in [1.165, 1.54) is 24.8 Å². The Morgan fingerprint density at radius 2 is 1.81 bits per heavy atom. The summed E-state index contributed by atoms with van der Waals surface area (Å²) in [4.78, 5) is 19.8. The molecule has 3 aromatic rings. The molecule has 1 heterocycles.